The van der Waals surface area contributed by atoms with Crippen LogP contribution in [-0.4, -0.2) is 7.05 Å². The Hall–Kier alpha value is -3.98. The van der Waals surface area contributed by atoms with Crippen LogP contribution in [0.4, 0.5) is 5.69 Å². The quantitative estimate of drug-likeness (QED) is 0.265. The molecule has 34 heavy (non-hydrogen) atoms. The van der Waals surface area contributed by atoms with E-state index >= 15 is 0 Å². The Morgan fingerprint density at radius 2 is 1.38 bits per heavy atom. The van der Waals surface area contributed by atoms with Crippen LogP contribution in [0.3, 0.4) is 0 Å². The molecule has 0 fully saturated rings. The van der Waals surface area contributed by atoms with E-state index < -0.39 is 0 Å². The van der Waals surface area contributed by atoms with Gasteiger partial charge in [-0.2, -0.15) is 0 Å². The first kappa shape index (κ1) is 23.2. The first-order chi connectivity index (χ1) is 16.6. The number of furan rings is 1. The molecule has 3 heteroatoms. The summed E-state index contributed by atoms with van der Waals surface area (Å²) in [6.45, 7) is 5.76. The van der Waals surface area contributed by atoms with Crippen molar-refractivity contribution in [2.45, 2.75) is 26.9 Å². The molecule has 0 aliphatic heterocycles. The molecular formula is C31H32N2O. The highest BCUT2D eigenvalue weighted by Crippen LogP contribution is 2.29. The lowest BCUT2D eigenvalue weighted by atomic mass is 10.1. The summed E-state index contributed by atoms with van der Waals surface area (Å²) in [5.74, 6) is 1.76. The van der Waals surface area contributed by atoms with Crippen molar-refractivity contribution in [1.82, 2.24) is 5.32 Å². The average molecular weight is 449 g/mol. The van der Waals surface area contributed by atoms with Gasteiger partial charge in [0.2, 0.25) is 0 Å². The second kappa shape index (κ2) is 11.2. The van der Waals surface area contributed by atoms with E-state index in [1.54, 1.807) is 0 Å². The summed E-state index contributed by atoms with van der Waals surface area (Å²) in [5.41, 5.74) is 7.03. The van der Waals surface area contributed by atoms with Crippen molar-refractivity contribution in [1.29, 1.82) is 0 Å². The van der Waals surface area contributed by atoms with Gasteiger partial charge in [0.1, 0.15) is 11.5 Å². The highest BCUT2D eigenvalue weighted by Gasteiger charge is 2.08. The van der Waals surface area contributed by atoms with Gasteiger partial charge in [-0.1, -0.05) is 78.9 Å². The molecule has 0 amide bonds. The minimum atomic E-state index is 0.801. The van der Waals surface area contributed by atoms with E-state index in [0.717, 1.165) is 41.4 Å². The summed E-state index contributed by atoms with van der Waals surface area (Å²) in [6.07, 6.45) is 6.14. The minimum Gasteiger partial charge on any atom is -0.456 e. The number of rotatable bonds is 9. The Kier molecular flexibility index (Phi) is 7.67. The lowest BCUT2D eigenvalue weighted by Crippen LogP contribution is -2.15. The van der Waals surface area contributed by atoms with Gasteiger partial charge in [0.05, 0.1) is 0 Å². The number of para-hydroxylation sites is 1. The van der Waals surface area contributed by atoms with E-state index in [9.17, 15) is 0 Å². The Labute approximate surface area is 203 Å². The maximum atomic E-state index is 6.19. The van der Waals surface area contributed by atoms with Gasteiger partial charge in [0, 0.05) is 42.6 Å². The van der Waals surface area contributed by atoms with Crippen molar-refractivity contribution in [3.8, 4) is 22.6 Å². The smallest absolute Gasteiger partial charge is 0.134 e. The zero-order chi connectivity index (χ0) is 23.8. The van der Waals surface area contributed by atoms with Gasteiger partial charge in [-0.15, -0.1) is 0 Å². The zero-order valence-corrected chi connectivity index (χ0v) is 20.2. The van der Waals surface area contributed by atoms with Gasteiger partial charge in [0.25, 0.3) is 0 Å². The van der Waals surface area contributed by atoms with Crippen molar-refractivity contribution < 1.29 is 4.42 Å². The molecule has 0 spiro atoms. The van der Waals surface area contributed by atoms with Gasteiger partial charge < -0.3 is 14.6 Å². The predicted octanol–water partition coefficient (Wildman–Crippen LogP) is 7.82. The maximum Gasteiger partial charge on any atom is 0.134 e. The fourth-order valence-corrected chi connectivity index (χ4v) is 3.80. The van der Waals surface area contributed by atoms with Crippen molar-refractivity contribution in [2.24, 2.45) is 0 Å². The summed E-state index contributed by atoms with van der Waals surface area (Å²) >= 11 is 0. The van der Waals surface area contributed by atoms with Crippen LogP contribution in [0, 0.1) is 0 Å². The second-order valence-electron chi connectivity index (χ2n) is 8.48. The Morgan fingerprint density at radius 3 is 1.97 bits per heavy atom. The first-order valence-electron chi connectivity index (χ1n) is 11.7. The van der Waals surface area contributed by atoms with Crippen LogP contribution in [0.25, 0.3) is 22.6 Å². The summed E-state index contributed by atoms with van der Waals surface area (Å²) in [7, 11) is 2.12. The molecule has 3 aromatic carbocycles. The SMILES string of the molecule is C/C=C\C=C(/C)NCc1ccc(-c2ccc(-c3ccc(CN(C)c4ccccc4)cc3)o2)cc1. The van der Waals surface area contributed by atoms with Gasteiger partial charge in [-0.05, 0) is 55.3 Å². The molecule has 4 rings (SSSR count). The number of anilines is 1. The zero-order valence-electron chi connectivity index (χ0n) is 20.2. The average Bonchev–Trinajstić information content (AvgIpc) is 3.38. The lowest BCUT2D eigenvalue weighted by molar-refractivity contribution is 0.597. The topological polar surface area (TPSA) is 28.4 Å². The fourth-order valence-electron chi connectivity index (χ4n) is 3.80. The summed E-state index contributed by atoms with van der Waals surface area (Å²) in [6, 6.07) is 31.7. The van der Waals surface area contributed by atoms with Crippen LogP contribution in [0.5, 0.6) is 0 Å². The molecule has 1 aromatic heterocycles. The number of benzene rings is 3. The molecule has 0 saturated carbocycles. The molecular weight excluding hydrogens is 416 g/mol. The molecule has 1 heterocycles. The monoisotopic (exact) mass is 448 g/mol. The van der Waals surface area contributed by atoms with E-state index in [0.29, 0.717) is 0 Å². The molecule has 3 nitrogen and oxygen atoms in total. The van der Waals surface area contributed by atoms with Crippen molar-refractivity contribution in [3.63, 3.8) is 0 Å². The number of hydrogen-bond acceptors (Lipinski definition) is 3. The van der Waals surface area contributed by atoms with Gasteiger partial charge in [-0.3, -0.25) is 0 Å². The highest BCUT2D eigenvalue weighted by molar-refractivity contribution is 5.65. The van der Waals surface area contributed by atoms with Crippen molar-refractivity contribution >= 4 is 5.69 Å². The molecule has 0 atom stereocenters. The summed E-state index contributed by atoms with van der Waals surface area (Å²) in [5, 5.41) is 3.43. The molecule has 0 bridgehead atoms. The third-order valence-corrected chi connectivity index (χ3v) is 5.81. The molecule has 0 unspecified atom stereocenters. The van der Waals surface area contributed by atoms with E-state index in [4.69, 9.17) is 4.42 Å². The van der Waals surface area contributed by atoms with Gasteiger partial charge >= 0.3 is 0 Å². The number of nitrogens with zero attached hydrogens (tertiary/aromatic N) is 1. The van der Waals surface area contributed by atoms with Crippen LogP contribution in [-0.2, 0) is 13.1 Å². The third kappa shape index (κ3) is 6.08. The fraction of sp³-hybridized carbons (Fsp3) is 0.161. The Bertz CT molecular complexity index is 1230. The van der Waals surface area contributed by atoms with Crippen LogP contribution in [0.15, 0.2) is 119 Å². The molecule has 1 N–H and O–H groups in total. The molecule has 4 aromatic rings. The second-order valence-corrected chi connectivity index (χ2v) is 8.48. The largest absolute Gasteiger partial charge is 0.456 e. The molecule has 172 valence electrons. The van der Waals surface area contributed by atoms with Gasteiger partial charge in [0.15, 0.2) is 0 Å². The number of allylic oxidation sites excluding steroid dienone is 4. The lowest BCUT2D eigenvalue weighted by Gasteiger charge is -2.19. The molecule has 0 radical (unpaired) electrons. The van der Waals surface area contributed by atoms with E-state index in [-0.39, 0.29) is 0 Å². The highest BCUT2D eigenvalue weighted by atomic mass is 16.3. The van der Waals surface area contributed by atoms with Crippen LogP contribution in [0.1, 0.15) is 25.0 Å². The third-order valence-electron chi connectivity index (χ3n) is 5.81. The van der Waals surface area contributed by atoms with Gasteiger partial charge in [-0.25, -0.2) is 0 Å². The normalized spacial score (nSPS) is 11.7. The van der Waals surface area contributed by atoms with Crippen molar-refractivity contribution in [2.75, 3.05) is 11.9 Å². The number of nitrogens with one attached hydrogen (secondary N) is 1. The van der Waals surface area contributed by atoms with Crippen molar-refractivity contribution in [3.05, 3.63) is 126 Å². The van der Waals surface area contributed by atoms with E-state index in [1.165, 1.54) is 16.8 Å². The van der Waals surface area contributed by atoms with E-state index in [2.05, 4.69) is 103 Å². The van der Waals surface area contributed by atoms with Crippen LogP contribution < -0.4 is 10.2 Å². The standard InChI is InChI=1S/C31H32N2O/c1-4-5-9-24(2)32-22-25-12-16-27(17-13-25)30-20-21-31(34-30)28-18-14-26(15-19-28)23-33(3)29-10-7-6-8-11-29/h4-21,32H,22-23H2,1-3H3/b5-4-,24-9+. The number of hydrogen-bond donors (Lipinski definition) is 1. The summed E-state index contributed by atoms with van der Waals surface area (Å²) in [4.78, 5) is 2.25. The molecule has 0 saturated heterocycles. The Morgan fingerprint density at radius 1 is 0.794 bits per heavy atom. The van der Waals surface area contributed by atoms with E-state index in [1.807, 2.05) is 37.3 Å². The maximum absolute atomic E-state index is 6.19. The first-order valence-corrected chi connectivity index (χ1v) is 11.7. The predicted molar refractivity (Wildman–Crippen MR) is 144 cm³/mol. The minimum absolute atomic E-state index is 0.801. The molecule has 0 aliphatic carbocycles. The van der Waals surface area contributed by atoms with Crippen LogP contribution in [0.2, 0.25) is 0 Å². The van der Waals surface area contributed by atoms with Crippen LogP contribution >= 0.6 is 0 Å². The Balaban J connectivity index is 1.38. The molecule has 0 aliphatic rings. The summed E-state index contributed by atoms with van der Waals surface area (Å²) < 4.78 is 6.19.